The molecule has 16 heavy (non-hydrogen) atoms. The zero-order chi connectivity index (χ0) is 12.1. The van der Waals surface area contributed by atoms with E-state index in [1.54, 1.807) is 7.05 Å². The highest BCUT2D eigenvalue weighted by atomic mass is 16.2. The van der Waals surface area contributed by atoms with E-state index in [1.807, 2.05) is 44.2 Å². The summed E-state index contributed by atoms with van der Waals surface area (Å²) >= 11 is 0. The Bertz CT molecular complexity index is 392. The zero-order valence-corrected chi connectivity index (χ0v) is 9.84. The molecule has 0 aliphatic carbocycles. The van der Waals surface area contributed by atoms with Crippen molar-refractivity contribution < 1.29 is 4.79 Å². The molecule has 3 nitrogen and oxygen atoms in total. The molecule has 0 N–H and O–H groups in total. The van der Waals surface area contributed by atoms with Gasteiger partial charge in [0.1, 0.15) is 5.92 Å². The van der Waals surface area contributed by atoms with Crippen LogP contribution in [0.3, 0.4) is 0 Å². The van der Waals surface area contributed by atoms with Crippen molar-refractivity contribution in [3.63, 3.8) is 0 Å². The van der Waals surface area contributed by atoms with Gasteiger partial charge in [-0.2, -0.15) is 5.26 Å². The highest BCUT2D eigenvalue weighted by Crippen LogP contribution is 2.18. The maximum absolute atomic E-state index is 12.0. The summed E-state index contributed by atoms with van der Waals surface area (Å²) in [5.74, 6) is -0.697. The van der Waals surface area contributed by atoms with E-state index >= 15 is 0 Å². The molecule has 0 radical (unpaired) electrons. The minimum Gasteiger partial charge on any atom is -0.314 e. The summed E-state index contributed by atoms with van der Waals surface area (Å²) in [6, 6.07) is 11.4. The summed E-state index contributed by atoms with van der Waals surface area (Å²) in [4.78, 5) is 13.6. The van der Waals surface area contributed by atoms with Crippen molar-refractivity contribution in [2.45, 2.75) is 13.8 Å². The standard InChI is InChI=1S/C13H16N2O/c1-10(2)12(9-14)13(16)15(3)11-7-5-4-6-8-11/h4-8,10,12H,1-3H3. The maximum atomic E-state index is 12.0. The number of benzene rings is 1. The number of nitriles is 1. The average molecular weight is 216 g/mol. The van der Waals surface area contributed by atoms with Crippen LogP contribution in [0.1, 0.15) is 13.8 Å². The summed E-state index contributed by atoms with van der Waals surface area (Å²) in [6.45, 7) is 3.76. The minimum absolute atomic E-state index is 0.0312. The lowest BCUT2D eigenvalue weighted by atomic mass is 9.96. The fraction of sp³-hybridized carbons (Fsp3) is 0.385. The van der Waals surface area contributed by atoms with Crippen LogP contribution in [0.4, 0.5) is 5.69 Å². The quantitative estimate of drug-likeness (QED) is 0.779. The predicted octanol–water partition coefficient (Wildman–Crippen LogP) is 2.45. The lowest BCUT2D eigenvalue weighted by Crippen LogP contribution is -2.34. The first kappa shape index (κ1) is 12.3. The summed E-state index contributed by atoms with van der Waals surface area (Å²) < 4.78 is 0. The van der Waals surface area contributed by atoms with Crippen LogP contribution >= 0.6 is 0 Å². The van der Waals surface area contributed by atoms with Gasteiger partial charge in [-0.05, 0) is 18.1 Å². The van der Waals surface area contributed by atoms with Gasteiger partial charge in [-0.1, -0.05) is 32.0 Å². The highest BCUT2D eigenvalue weighted by Gasteiger charge is 2.25. The van der Waals surface area contributed by atoms with Crippen LogP contribution in [-0.4, -0.2) is 13.0 Å². The second-order valence-corrected chi connectivity index (χ2v) is 4.08. The molecule has 1 rings (SSSR count). The first-order valence-corrected chi connectivity index (χ1v) is 5.30. The predicted molar refractivity (Wildman–Crippen MR) is 63.8 cm³/mol. The molecule has 1 amide bonds. The molecule has 0 aromatic heterocycles. The van der Waals surface area contributed by atoms with Gasteiger partial charge in [-0.15, -0.1) is 0 Å². The first-order chi connectivity index (χ1) is 7.57. The van der Waals surface area contributed by atoms with Crippen LogP contribution in [0, 0.1) is 23.2 Å². The van der Waals surface area contributed by atoms with Crippen molar-refractivity contribution in [1.29, 1.82) is 5.26 Å². The zero-order valence-electron chi connectivity index (χ0n) is 9.84. The van der Waals surface area contributed by atoms with Gasteiger partial charge < -0.3 is 4.90 Å². The van der Waals surface area contributed by atoms with Gasteiger partial charge in [0.2, 0.25) is 5.91 Å². The molecule has 3 heteroatoms. The molecule has 1 aromatic carbocycles. The molecule has 0 aliphatic heterocycles. The molecule has 1 atom stereocenters. The lowest BCUT2D eigenvalue weighted by molar-refractivity contribution is -0.121. The van der Waals surface area contributed by atoms with E-state index in [0.717, 1.165) is 5.69 Å². The van der Waals surface area contributed by atoms with Gasteiger partial charge in [0, 0.05) is 12.7 Å². The van der Waals surface area contributed by atoms with Crippen LogP contribution < -0.4 is 4.90 Å². The summed E-state index contributed by atoms with van der Waals surface area (Å²) in [5.41, 5.74) is 0.813. The van der Waals surface area contributed by atoms with Crippen molar-refractivity contribution in [1.82, 2.24) is 0 Å². The van der Waals surface area contributed by atoms with Gasteiger partial charge in [0.15, 0.2) is 0 Å². The summed E-state index contributed by atoms with van der Waals surface area (Å²) in [5, 5.41) is 8.97. The molecular formula is C13H16N2O. The fourth-order valence-corrected chi connectivity index (χ4v) is 1.48. The molecular weight excluding hydrogens is 200 g/mol. The molecule has 0 saturated carbocycles. The number of rotatable bonds is 3. The number of hydrogen-bond donors (Lipinski definition) is 0. The highest BCUT2D eigenvalue weighted by molar-refractivity contribution is 5.96. The Morgan fingerprint density at radius 2 is 1.88 bits per heavy atom. The van der Waals surface area contributed by atoms with Crippen molar-refractivity contribution in [3.8, 4) is 6.07 Å². The Kier molecular flexibility index (Phi) is 4.07. The van der Waals surface area contributed by atoms with E-state index in [2.05, 4.69) is 6.07 Å². The molecule has 0 fully saturated rings. The Hall–Kier alpha value is -1.82. The molecule has 84 valence electrons. The lowest BCUT2D eigenvalue weighted by Gasteiger charge is -2.21. The normalized spacial score (nSPS) is 11.9. The third kappa shape index (κ3) is 2.60. The average Bonchev–Trinajstić information content (AvgIpc) is 2.29. The van der Waals surface area contributed by atoms with Gasteiger partial charge in [0.05, 0.1) is 6.07 Å². The van der Waals surface area contributed by atoms with Crippen LogP contribution in [0.15, 0.2) is 30.3 Å². The molecule has 0 aliphatic rings. The largest absolute Gasteiger partial charge is 0.314 e. The molecule has 0 bridgehead atoms. The smallest absolute Gasteiger partial charge is 0.244 e. The molecule has 1 aromatic rings. The Balaban J connectivity index is 2.87. The minimum atomic E-state index is -0.579. The van der Waals surface area contributed by atoms with E-state index in [1.165, 1.54) is 4.90 Å². The van der Waals surface area contributed by atoms with Crippen molar-refractivity contribution in [2.24, 2.45) is 11.8 Å². The Morgan fingerprint density at radius 3 is 2.31 bits per heavy atom. The fourth-order valence-electron chi connectivity index (χ4n) is 1.48. The number of nitrogens with zero attached hydrogens (tertiary/aromatic N) is 2. The SMILES string of the molecule is CC(C)C(C#N)C(=O)N(C)c1ccccc1. The van der Waals surface area contributed by atoms with Crippen molar-refractivity contribution in [2.75, 3.05) is 11.9 Å². The number of amides is 1. The molecule has 0 spiro atoms. The monoisotopic (exact) mass is 216 g/mol. The van der Waals surface area contributed by atoms with Crippen LogP contribution in [0.25, 0.3) is 0 Å². The van der Waals surface area contributed by atoms with E-state index < -0.39 is 5.92 Å². The third-order valence-electron chi connectivity index (χ3n) is 2.55. The number of para-hydroxylation sites is 1. The molecule has 1 unspecified atom stereocenters. The first-order valence-electron chi connectivity index (χ1n) is 5.30. The van der Waals surface area contributed by atoms with E-state index in [9.17, 15) is 4.79 Å². The van der Waals surface area contributed by atoms with Gasteiger partial charge >= 0.3 is 0 Å². The maximum Gasteiger partial charge on any atom is 0.244 e. The number of anilines is 1. The van der Waals surface area contributed by atoms with Crippen LogP contribution in [0.5, 0.6) is 0 Å². The number of hydrogen-bond acceptors (Lipinski definition) is 2. The number of carbonyl (C=O) groups excluding carboxylic acids is 1. The van der Waals surface area contributed by atoms with E-state index in [-0.39, 0.29) is 11.8 Å². The summed E-state index contributed by atoms with van der Waals surface area (Å²) in [7, 11) is 1.70. The van der Waals surface area contributed by atoms with Gasteiger partial charge in [0.25, 0.3) is 0 Å². The van der Waals surface area contributed by atoms with E-state index in [4.69, 9.17) is 5.26 Å². The van der Waals surface area contributed by atoms with Crippen LogP contribution in [0.2, 0.25) is 0 Å². The molecule has 0 heterocycles. The second kappa shape index (κ2) is 5.32. The Morgan fingerprint density at radius 1 is 1.31 bits per heavy atom. The Labute approximate surface area is 96.3 Å². The van der Waals surface area contributed by atoms with Crippen LogP contribution in [-0.2, 0) is 4.79 Å². The second-order valence-electron chi connectivity index (χ2n) is 4.08. The third-order valence-corrected chi connectivity index (χ3v) is 2.55. The van der Waals surface area contributed by atoms with Crippen molar-refractivity contribution in [3.05, 3.63) is 30.3 Å². The van der Waals surface area contributed by atoms with Gasteiger partial charge in [-0.3, -0.25) is 4.79 Å². The van der Waals surface area contributed by atoms with E-state index in [0.29, 0.717) is 0 Å². The number of carbonyl (C=O) groups is 1. The van der Waals surface area contributed by atoms with Gasteiger partial charge in [-0.25, -0.2) is 0 Å². The molecule has 0 saturated heterocycles. The van der Waals surface area contributed by atoms with Crippen molar-refractivity contribution >= 4 is 11.6 Å². The topological polar surface area (TPSA) is 44.1 Å². The summed E-state index contributed by atoms with van der Waals surface area (Å²) in [6.07, 6.45) is 0.